The number of carbonyl (C=O) groups excluding carboxylic acids is 1. The number of aryl methyl sites for hydroxylation is 1. The summed E-state index contributed by atoms with van der Waals surface area (Å²) in [4.78, 5) is 12.4. The van der Waals surface area contributed by atoms with Gasteiger partial charge >= 0.3 is 0 Å². The van der Waals surface area contributed by atoms with E-state index in [9.17, 15) is 4.79 Å². The maximum atomic E-state index is 11.0. The normalized spacial score (nSPS) is 10.1. The van der Waals surface area contributed by atoms with Gasteiger partial charge in [-0.15, -0.1) is 5.10 Å². The van der Waals surface area contributed by atoms with Crippen LogP contribution in [0.4, 0.5) is 0 Å². The third kappa shape index (κ3) is 1.93. The molecule has 0 aliphatic carbocycles. The molecule has 0 radical (unpaired) electrons. The first kappa shape index (κ1) is 10.4. The first-order valence-electron chi connectivity index (χ1n) is 4.94. The van der Waals surface area contributed by atoms with Gasteiger partial charge in [-0.1, -0.05) is 30.3 Å². The molecule has 1 N–H and O–H groups in total. The summed E-state index contributed by atoms with van der Waals surface area (Å²) in [6.45, 7) is 3.29. The van der Waals surface area contributed by atoms with Crippen LogP contribution in [0.1, 0.15) is 12.6 Å². The van der Waals surface area contributed by atoms with Crippen molar-refractivity contribution in [2.45, 2.75) is 13.8 Å². The van der Waals surface area contributed by atoms with Crippen LogP contribution in [0.15, 0.2) is 30.3 Å². The van der Waals surface area contributed by atoms with Crippen molar-refractivity contribution in [3.05, 3.63) is 36.0 Å². The van der Waals surface area contributed by atoms with Gasteiger partial charge in [0.2, 0.25) is 5.91 Å². The largest absolute Gasteiger partial charge is 0.274 e. The molecule has 0 saturated heterocycles. The summed E-state index contributed by atoms with van der Waals surface area (Å²) < 4.78 is 0. The van der Waals surface area contributed by atoms with Crippen molar-refractivity contribution < 1.29 is 4.79 Å². The van der Waals surface area contributed by atoms with E-state index in [4.69, 9.17) is 0 Å². The summed E-state index contributed by atoms with van der Waals surface area (Å²) in [5.74, 6) is -0.179. The molecule has 5 nitrogen and oxygen atoms in total. The van der Waals surface area contributed by atoms with Crippen molar-refractivity contribution in [3.63, 3.8) is 0 Å². The molecule has 1 amide bonds. The first-order valence-corrected chi connectivity index (χ1v) is 4.94. The quantitative estimate of drug-likeness (QED) is 0.824. The number of benzene rings is 1. The predicted molar refractivity (Wildman–Crippen MR) is 60.2 cm³/mol. The van der Waals surface area contributed by atoms with E-state index >= 15 is 0 Å². The number of nitrogens with zero attached hydrogens (tertiary/aromatic N) is 3. The van der Waals surface area contributed by atoms with Crippen LogP contribution in [0.3, 0.4) is 0 Å². The fourth-order valence-corrected chi connectivity index (χ4v) is 1.51. The van der Waals surface area contributed by atoms with Gasteiger partial charge in [0, 0.05) is 12.5 Å². The van der Waals surface area contributed by atoms with Crippen LogP contribution >= 0.6 is 0 Å². The summed E-state index contributed by atoms with van der Waals surface area (Å²) in [7, 11) is 0. The zero-order valence-corrected chi connectivity index (χ0v) is 9.14. The lowest BCUT2D eigenvalue weighted by Crippen LogP contribution is -2.22. The lowest BCUT2D eigenvalue weighted by molar-refractivity contribution is -0.115. The minimum Gasteiger partial charge on any atom is -0.274 e. The second-order valence-electron chi connectivity index (χ2n) is 3.47. The third-order valence-electron chi connectivity index (χ3n) is 2.15. The standard InChI is InChI=1S/C11H12N4O/c1-8-11(10-6-4-3-5-7-10)15(14-12-8)13-9(2)16/h3-7H,1-2H3,(H,13,16). The zero-order chi connectivity index (χ0) is 11.5. The molecule has 0 unspecified atom stereocenters. The Labute approximate surface area is 93.1 Å². The summed E-state index contributed by atoms with van der Waals surface area (Å²) in [5.41, 5.74) is 5.15. The fraction of sp³-hybridized carbons (Fsp3) is 0.182. The number of nitrogens with one attached hydrogen (secondary N) is 1. The van der Waals surface area contributed by atoms with Gasteiger partial charge in [0.05, 0.1) is 5.69 Å². The number of hydrogen-bond donors (Lipinski definition) is 1. The van der Waals surface area contributed by atoms with Crippen LogP contribution in [-0.2, 0) is 4.79 Å². The van der Waals surface area contributed by atoms with Crippen molar-refractivity contribution in [2.24, 2.45) is 0 Å². The number of aromatic nitrogens is 3. The van der Waals surface area contributed by atoms with Crippen LogP contribution < -0.4 is 5.43 Å². The van der Waals surface area contributed by atoms with Crippen molar-refractivity contribution in [3.8, 4) is 11.3 Å². The highest BCUT2D eigenvalue weighted by Crippen LogP contribution is 2.19. The smallest absolute Gasteiger partial charge is 0.237 e. The van der Waals surface area contributed by atoms with Gasteiger partial charge in [0.1, 0.15) is 5.69 Å². The van der Waals surface area contributed by atoms with Crippen molar-refractivity contribution in [2.75, 3.05) is 5.43 Å². The van der Waals surface area contributed by atoms with Gasteiger partial charge < -0.3 is 0 Å². The number of amides is 1. The Morgan fingerprint density at radius 2 is 2.00 bits per heavy atom. The molecule has 0 aliphatic rings. The molecule has 0 spiro atoms. The second-order valence-corrected chi connectivity index (χ2v) is 3.47. The maximum Gasteiger partial charge on any atom is 0.237 e. The minimum atomic E-state index is -0.179. The molecule has 0 fully saturated rings. The molecule has 2 aromatic rings. The van der Waals surface area contributed by atoms with Crippen LogP contribution in [0.5, 0.6) is 0 Å². The first-order chi connectivity index (χ1) is 7.68. The Morgan fingerprint density at radius 1 is 1.31 bits per heavy atom. The number of carbonyl (C=O) groups is 1. The molecule has 16 heavy (non-hydrogen) atoms. The van der Waals surface area contributed by atoms with Gasteiger partial charge in [-0.3, -0.25) is 4.79 Å². The molecule has 82 valence electrons. The summed E-state index contributed by atoms with van der Waals surface area (Å²) in [6, 6.07) is 9.69. The number of hydrogen-bond acceptors (Lipinski definition) is 3. The van der Waals surface area contributed by atoms with E-state index in [1.165, 1.54) is 11.7 Å². The minimum absolute atomic E-state index is 0.179. The molecule has 5 heteroatoms. The molecular weight excluding hydrogens is 204 g/mol. The van der Waals surface area contributed by atoms with E-state index in [1.54, 1.807) is 0 Å². The molecule has 2 rings (SSSR count). The molecular formula is C11H12N4O. The molecule has 0 bridgehead atoms. The van der Waals surface area contributed by atoms with E-state index in [1.807, 2.05) is 37.3 Å². The zero-order valence-electron chi connectivity index (χ0n) is 9.14. The lowest BCUT2D eigenvalue weighted by Gasteiger charge is -2.06. The van der Waals surface area contributed by atoms with Gasteiger partial charge in [-0.05, 0) is 12.1 Å². The molecule has 1 aromatic heterocycles. The highest BCUT2D eigenvalue weighted by Gasteiger charge is 2.11. The summed E-state index contributed by atoms with van der Waals surface area (Å²) in [6.07, 6.45) is 0. The molecule has 0 atom stereocenters. The Kier molecular flexibility index (Phi) is 2.68. The van der Waals surface area contributed by atoms with Gasteiger partial charge in [0.15, 0.2) is 0 Å². The lowest BCUT2D eigenvalue weighted by atomic mass is 10.1. The Balaban J connectivity index is 2.47. The van der Waals surface area contributed by atoms with Gasteiger partial charge in [-0.2, -0.15) is 4.79 Å². The molecule has 0 aliphatic heterocycles. The van der Waals surface area contributed by atoms with E-state index in [0.29, 0.717) is 0 Å². The van der Waals surface area contributed by atoms with Gasteiger partial charge in [-0.25, -0.2) is 5.43 Å². The topological polar surface area (TPSA) is 59.8 Å². The predicted octanol–water partition coefficient (Wildman–Crippen LogP) is 1.34. The Morgan fingerprint density at radius 3 is 2.62 bits per heavy atom. The van der Waals surface area contributed by atoms with Crippen LogP contribution in [0, 0.1) is 6.92 Å². The third-order valence-corrected chi connectivity index (χ3v) is 2.15. The highest BCUT2D eigenvalue weighted by molar-refractivity contribution is 5.81. The molecule has 1 aromatic carbocycles. The molecule has 1 heterocycles. The van der Waals surface area contributed by atoms with Crippen molar-refractivity contribution >= 4 is 5.91 Å². The van der Waals surface area contributed by atoms with E-state index < -0.39 is 0 Å². The average molecular weight is 216 g/mol. The van der Waals surface area contributed by atoms with Crippen molar-refractivity contribution in [1.29, 1.82) is 0 Å². The SMILES string of the molecule is CC(=O)Nn1nnc(C)c1-c1ccccc1. The summed E-state index contributed by atoms with van der Waals surface area (Å²) >= 11 is 0. The van der Waals surface area contributed by atoms with Crippen LogP contribution in [-0.4, -0.2) is 21.0 Å². The molecule has 0 saturated carbocycles. The van der Waals surface area contributed by atoms with Crippen LogP contribution in [0.25, 0.3) is 11.3 Å². The number of rotatable bonds is 2. The van der Waals surface area contributed by atoms with Crippen molar-refractivity contribution in [1.82, 2.24) is 15.1 Å². The highest BCUT2D eigenvalue weighted by atomic mass is 16.2. The van der Waals surface area contributed by atoms with E-state index in [2.05, 4.69) is 15.7 Å². The van der Waals surface area contributed by atoms with E-state index in [0.717, 1.165) is 17.0 Å². The Hall–Kier alpha value is -2.17. The maximum absolute atomic E-state index is 11.0. The second kappa shape index (κ2) is 4.14. The fourth-order valence-electron chi connectivity index (χ4n) is 1.51. The monoisotopic (exact) mass is 216 g/mol. The summed E-state index contributed by atoms with van der Waals surface area (Å²) in [5, 5.41) is 7.81. The van der Waals surface area contributed by atoms with Crippen LogP contribution in [0.2, 0.25) is 0 Å². The average Bonchev–Trinajstić information content (AvgIpc) is 2.60. The van der Waals surface area contributed by atoms with Gasteiger partial charge in [0.25, 0.3) is 0 Å². The van der Waals surface area contributed by atoms with E-state index in [-0.39, 0.29) is 5.91 Å². The Bertz CT molecular complexity index is 504.